The molecule has 8 nitrogen and oxygen atoms in total. The molecule has 0 bridgehead atoms. The van der Waals surface area contributed by atoms with Gasteiger partial charge in [-0.2, -0.15) is 0 Å². The van der Waals surface area contributed by atoms with Gasteiger partial charge < -0.3 is 10.6 Å². The van der Waals surface area contributed by atoms with E-state index in [1.807, 2.05) is 18.2 Å². The smallest absolute Gasteiger partial charge is 0.266 e. The minimum absolute atomic E-state index is 0.209. The fraction of sp³-hybridized carbons (Fsp3) is 0.0952. The van der Waals surface area contributed by atoms with Gasteiger partial charge in [0.15, 0.2) is 0 Å². The van der Waals surface area contributed by atoms with Crippen LogP contribution in [0.2, 0.25) is 0 Å². The molecule has 0 aliphatic heterocycles. The molecular weight excluding hydrogens is 402 g/mol. The third-order valence-corrected chi connectivity index (χ3v) is 5.60. The van der Waals surface area contributed by atoms with E-state index in [1.54, 1.807) is 43.5 Å². The van der Waals surface area contributed by atoms with Gasteiger partial charge in [0, 0.05) is 11.9 Å². The molecule has 0 saturated heterocycles. The second kappa shape index (κ2) is 8.26. The Balaban J connectivity index is 1.59. The number of rotatable bonds is 5. The van der Waals surface area contributed by atoms with Crippen molar-refractivity contribution < 1.29 is 9.59 Å². The average molecular weight is 419 g/mol. The zero-order chi connectivity index (χ0) is 21.1. The van der Waals surface area contributed by atoms with Gasteiger partial charge in [-0.15, -0.1) is 11.3 Å². The molecule has 0 fully saturated rings. The standard InChI is InChI=1S/C21H17N5O3S/c1-13-17-20(30-18(13)19(28)24-14-7-3-2-4-8-14)23-12-26(21(17)29)11-16(27)25-15-9-5-6-10-22-15/h2-10,12H,11H2,1H3,(H,24,28)(H,22,25,27). The van der Waals surface area contributed by atoms with Crippen molar-refractivity contribution in [2.24, 2.45) is 0 Å². The van der Waals surface area contributed by atoms with Crippen LogP contribution in [0.5, 0.6) is 0 Å². The number of aromatic nitrogens is 3. The van der Waals surface area contributed by atoms with Crippen LogP contribution in [0.25, 0.3) is 10.2 Å². The van der Waals surface area contributed by atoms with Gasteiger partial charge in [0.2, 0.25) is 5.91 Å². The SMILES string of the molecule is Cc1c(C(=O)Nc2ccccc2)sc2ncn(CC(=O)Nc3ccccn3)c(=O)c12. The van der Waals surface area contributed by atoms with Crippen molar-refractivity contribution in [3.63, 3.8) is 0 Å². The van der Waals surface area contributed by atoms with Crippen molar-refractivity contribution in [1.29, 1.82) is 0 Å². The number of carbonyl (C=O) groups is 2. The molecule has 0 spiro atoms. The lowest BCUT2D eigenvalue weighted by Gasteiger charge is -2.06. The van der Waals surface area contributed by atoms with E-state index in [4.69, 9.17) is 0 Å². The summed E-state index contributed by atoms with van der Waals surface area (Å²) in [5.74, 6) is -0.302. The number of fused-ring (bicyclic) bond motifs is 1. The molecule has 4 aromatic rings. The van der Waals surface area contributed by atoms with Crippen LogP contribution in [0, 0.1) is 6.92 Å². The van der Waals surface area contributed by atoms with Crippen LogP contribution < -0.4 is 16.2 Å². The number of anilines is 2. The van der Waals surface area contributed by atoms with Crippen LogP contribution in [-0.2, 0) is 11.3 Å². The van der Waals surface area contributed by atoms with Crippen LogP contribution in [0.4, 0.5) is 11.5 Å². The van der Waals surface area contributed by atoms with E-state index < -0.39 is 5.91 Å². The summed E-state index contributed by atoms with van der Waals surface area (Å²) in [7, 11) is 0. The maximum atomic E-state index is 12.9. The molecular formula is C21H17N5O3S. The minimum atomic E-state index is -0.396. The number of amides is 2. The molecule has 0 unspecified atom stereocenters. The number of carbonyl (C=O) groups excluding carboxylic acids is 2. The lowest BCUT2D eigenvalue weighted by Crippen LogP contribution is -2.28. The van der Waals surface area contributed by atoms with Gasteiger partial charge in [0.25, 0.3) is 11.5 Å². The Bertz CT molecular complexity index is 1280. The number of para-hydroxylation sites is 1. The lowest BCUT2D eigenvalue weighted by molar-refractivity contribution is -0.116. The molecule has 150 valence electrons. The highest BCUT2D eigenvalue weighted by atomic mass is 32.1. The van der Waals surface area contributed by atoms with Gasteiger partial charge in [0.05, 0.1) is 16.6 Å². The first kappa shape index (κ1) is 19.5. The monoisotopic (exact) mass is 419 g/mol. The van der Waals surface area contributed by atoms with Gasteiger partial charge in [-0.1, -0.05) is 24.3 Å². The highest BCUT2D eigenvalue weighted by Crippen LogP contribution is 2.27. The predicted octanol–water partition coefficient (Wildman–Crippen LogP) is 3.05. The first-order valence-corrected chi connectivity index (χ1v) is 9.90. The van der Waals surface area contributed by atoms with Crippen molar-refractivity contribution in [3.8, 4) is 0 Å². The number of hydrogen-bond acceptors (Lipinski definition) is 6. The summed E-state index contributed by atoms with van der Waals surface area (Å²) in [6.07, 6.45) is 2.88. The third-order valence-electron chi connectivity index (χ3n) is 4.40. The molecule has 0 saturated carbocycles. The second-order valence-electron chi connectivity index (χ2n) is 6.50. The largest absolute Gasteiger partial charge is 0.321 e. The number of aryl methyl sites for hydroxylation is 1. The van der Waals surface area contributed by atoms with E-state index in [2.05, 4.69) is 20.6 Å². The van der Waals surface area contributed by atoms with Crippen molar-refractivity contribution in [2.75, 3.05) is 10.6 Å². The van der Waals surface area contributed by atoms with Gasteiger partial charge in [-0.05, 0) is 36.8 Å². The average Bonchev–Trinajstić information content (AvgIpc) is 3.09. The zero-order valence-electron chi connectivity index (χ0n) is 16.0. The molecule has 9 heteroatoms. The molecule has 3 aromatic heterocycles. The van der Waals surface area contributed by atoms with E-state index in [0.717, 1.165) is 11.3 Å². The number of nitrogens with one attached hydrogen (secondary N) is 2. The Kier molecular flexibility index (Phi) is 5.36. The molecule has 0 atom stereocenters. The zero-order valence-corrected chi connectivity index (χ0v) is 16.8. The number of pyridine rings is 1. The maximum Gasteiger partial charge on any atom is 0.266 e. The summed E-state index contributed by atoms with van der Waals surface area (Å²) >= 11 is 1.15. The van der Waals surface area contributed by atoms with Gasteiger partial charge in [-0.3, -0.25) is 19.0 Å². The Hall–Kier alpha value is -3.85. The highest BCUT2D eigenvalue weighted by Gasteiger charge is 2.20. The summed E-state index contributed by atoms with van der Waals surface area (Å²) in [5.41, 5.74) is 0.833. The van der Waals surface area contributed by atoms with Crippen molar-refractivity contribution in [2.45, 2.75) is 13.5 Å². The molecule has 3 heterocycles. The summed E-state index contributed by atoms with van der Waals surface area (Å²) in [5, 5.41) is 5.79. The summed E-state index contributed by atoms with van der Waals surface area (Å²) in [6, 6.07) is 14.2. The van der Waals surface area contributed by atoms with Gasteiger partial charge in [-0.25, -0.2) is 9.97 Å². The first-order chi connectivity index (χ1) is 14.5. The van der Waals surface area contributed by atoms with Crippen LogP contribution in [0.3, 0.4) is 0 Å². The Labute approximate surface area is 175 Å². The van der Waals surface area contributed by atoms with E-state index >= 15 is 0 Å². The number of thiophene rings is 1. The molecule has 30 heavy (non-hydrogen) atoms. The molecule has 0 aliphatic rings. The number of nitrogens with zero attached hydrogens (tertiary/aromatic N) is 3. The second-order valence-corrected chi connectivity index (χ2v) is 7.50. The van der Waals surface area contributed by atoms with Crippen molar-refractivity contribution >= 4 is 44.9 Å². The Morgan fingerprint density at radius 2 is 1.80 bits per heavy atom. The topological polar surface area (TPSA) is 106 Å². The Morgan fingerprint density at radius 1 is 1.03 bits per heavy atom. The number of hydrogen-bond donors (Lipinski definition) is 2. The van der Waals surface area contributed by atoms with Crippen LogP contribution >= 0.6 is 11.3 Å². The predicted molar refractivity (Wildman–Crippen MR) is 116 cm³/mol. The van der Waals surface area contributed by atoms with Crippen molar-refractivity contribution in [1.82, 2.24) is 14.5 Å². The Morgan fingerprint density at radius 3 is 2.53 bits per heavy atom. The summed E-state index contributed by atoms with van der Waals surface area (Å²) < 4.78 is 1.22. The molecule has 4 rings (SSSR count). The summed E-state index contributed by atoms with van der Waals surface area (Å²) in [4.78, 5) is 47.1. The molecule has 0 radical (unpaired) electrons. The van der Waals surface area contributed by atoms with E-state index in [0.29, 0.717) is 32.2 Å². The minimum Gasteiger partial charge on any atom is -0.321 e. The lowest BCUT2D eigenvalue weighted by atomic mass is 10.2. The summed E-state index contributed by atoms with van der Waals surface area (Å²) in [6.45, 7) is 1.50. The van der Waals surface area contributed by atoms with Crippen LogP contribution in [-0.4, -0.2) is 26.3 Å². The van der Waals surface area contributed by atoms with E-state index in [-0.39, 0.29) is 18.0 Å². The van der Waals surface area contributed by atoms with Crippen LogP contribution in [0.15, 0.2) is 65.8 Å². The van der Waals surface area contributed by atoms with Gasteiger partial charge >= 0.3 is 0 Å². The molecule has 1 aromatic carbocycles. The third kappa shape index (κ3) is 3.96. The van der Waals surface area contributed by atoms with Crippen LogP contribution in [0.1, 0.15) is 15.2 Å². The molecule has 2 amide bonds. The fourth-order valence-corrected chi connectivity index (χ4v) is 4.01. The fourth-order valence-electron chi connectivity index (χ4n) is 2.97. The highest BCUT2D eigenvalue weighted by molar-refractivity contribution is 7.20. The van der Waals surface area contributed by atoms with E-state index in [9.17, 15) is 14.4 Å². The van der Waals surface area contributed by atoms with E-state index in [1.165, 1.54) is 10.9 Å². The van der Waals surface area contributed by atoms with Crippen molar-refractivity contribution in [3.05, 3.63) is 81.8 Å². The number of benzene rings is 1. The normalized spacial score (nSPS) is 10.7. The van der Waals surface area contributed by atoms with Gasteiger partial charge in [0.1, 0.15) is 17.2 Å². The first-order valence-electron chi connectivity index (χ1n) is 9.09. The molecule has 0 aliphatic carbocycles. The maximum absolute atomic E-state index is 12.9. The molecule has 2 N–H and O–H groups in total. The quantitative estimate of drug-likeness (QED) is 0.517.